The second-order valence-corrected chi connectivity index (χ2v) is 9.57. The number of likely N-dealkylation sites (tertiary alicyclic amines) is 1. The zero-order valence-electron chi connectivity index (χ0n) is 17.8. The Balaban J connectivity index is 1.39. The molecule has 1 fully saturated rings. The highest BCUT2D eigenvalue weighted by atomic mass is 32.1. The van der Waals surface area contributed by atoms with E-state index in [-0.39, 0.29) is 18.0 Å². The number of rotatable bonds is 5. The fourth-order valence-corrected chi connectivity index (χ4v) is 5.11. The molecule has 1 atom stereocenters. The molecular weight excluding hydrogens is 396 g/mol. The monoisotopic (exact) mass is 424 g/mol. The molecule has 4 rings (SSSR count). The Morgan fingerprint density at radius 1 is 1.27 bits per heavy atom. The maximum atomic E-state index is 12.8. The van der Waals surface area contributed by atoms with E-state index in [0.717, 1.165) is 46.5 Å². The Morgan fingerprint density at radius 2 is 2.03 bits per heavy atom. The van der Waals surface area contributed by atoms with Gasteiger partial charge in [-0.3, -0.25) is 19.1 Å². The molecule has 1 amide bonds. The number of carbonyl (C=O) groups excluding carboxylic acids is 1. The molecule has 1 saturated heterocycles. The van der Waals surface area contributed by atoms with Gasteiger partial charge >= 0.3 is 0 Å². The molecule has 158 valence electrons. The number of hydrogen-bond acceptors (Lipinski definition) is 5. The lowest BCUT2D eigenvalue weighted by atomic mass is 10.00. The van der Waals surface area contributed by atoms with Gasteiger partial charge < -0.3 is 5.32 Å². The summed E-state index contributed by atoms with van der Waals surface area (Å²) >= 11 is 1.51. The van der Waals surface area contributed by atoms with Crippen molar-refractivity contribution < 1.29 is 4.79 Å². The summed E-state index contributed by atoms with van der Waals surface area (Å²) in [6, 6.07) is 7.98. The van der Waals surface area contributed by atoms with Gasteiger partial charge in [0.2, 0.25) is 5.91 Å². The van der Waals surface area contributed by atoms with Crippen molar-refractivity contribution in [3.05, 3.63) is 57.0 Å². The fourth-order valence-electron chi connectivity index (χ4n) is 4.12. The van der Waals surface area contributed by atoms with E-state index in [1.54, 1.807) is 0 Å². The average Bonchev–Trinajstić information content (AvgIpc) is 3.00. The van der Waals surface area contributed by atoms with Gasteiger partial charge in [-0.1, -0.05) is 19.1 Å². The first kappa shape index (κ1) is 20.8. The van der Waals surface area contributed by atoms with Crippen molar-refractivity contribution in [2.75, 3.05) is 18.4 Å². The highest BCUT2D eigenvalue weighted by Gasteiger charge is 2.16. The van der Waals surface area contributed by atoms with Crippen molar-refractivity contribution in [2.45, 2.75) is 46.7 Å². The Labute approximate surface area is 180 Å². The summed E-state index contributed by atoms with van der Waals surface area (Å²) in [4.78, 5) is 33.9. The highest BCUT2D eigenvalue weighted by molar-refractivity contribution is 7.18. The van der Waals surface area contributed by atoms with Gasteiger partial charge in [0.25, 0.3) is 5.56 Å². The Hall–Kier alpha value is -2.51. The number of aryl methyl sites for hydroxylation is 2. The van der Waals surface area contributed by atoms with E-state index in [2.05, 4.69) is 34.3 Å². The molecule has 1 unspecified atom stereocenters. The minimum atomic E-state index is -0.236. The SMILES string of the molecule is Cc1sc2ncn(CC(=O)Nc3ccc(CN4CCCC(C)C4)cc3)c(=O)c2c1C. The Kier molecular flexibility index (Phi) is 6.01. The number of amides is 1. The third-order valence-corrected chi connectivity index (χ3v) is 6.97. The first-order valence-electron chi connectivity index (χ1n) is 10.5. The van der Waals surface area contributed by atoms with Crippen LogP contribution in [0.1, 0.15) is 35.8 Å². The van der Waals surface area contributed by atoms with Gasteiger partial charge in [0, 0.05) is 23.7 Å². The van der Waals surface area contributed by atoms with Crippen molar-refractivity contribution in [3.63, 3.8) is 0 Å². The normalized spacial score (nSPS) is 17.4. The van der Waals surface area contributed by atoms with Crippen LogP contribution in [-0.4, -0.2) is 33.4 Å². The molecule has 3 heterocycles. The van der Waals surface area contributed by atoms with Gasteiger partial charge in [0.15, 0.2) is 0 Å². The number of thiophene rings is 1. The smallest absolute Gasteiger partial charge is 0.262 e. The molecular formula is C23H28N4O2S. The van der Waals surface area contributed by atoms with Gasteiger partial charge in [0.1, 0.15) is 11.4 Å². The van der Waals surface area contributed by atoms with Crippen molar-refractivity contribution in [1.29, 1.82) is 0 Å². The molecule has 2 aromatic heterocycles. The summed E-state index contributed by atoms with van der Waals surface area (Å²) in [6.45, 7) is 9.40. The summed E-state index contributed by atoms with van der Waals surface area (Å²) in [7, 11) is 0. The predicted molar refractivity (Wildman–Crippen MR) is 122 cm³/mol. The van der Waals surface area contributed by atoms with E-state index in [1.807, 2.05) is 26.0 Å². The van der Waals surface area contributed by atoms with Crippen LogP contribution in [0.4, 0.5) is 5.69 Å². The third kappa shape index (κ3) is 4.47. The Bertz CT molecular complexity index is 1120. The summed E-state index contributed by atoms with van der Waals surface area (Å²) in [5.41, 5.74) is 2.76. The molecule has 7 heteroatoms. The molecule has 1 N–H and O–H groups in total. The lowest BCUT2D eigenvalue weighted by Crippen LogP contribution is -2.33. The highest BCUT2D eigenvalue weighted by Crippen LogP contribution is 2.25. The second kappa shape index (κ2) is 8.70. The minimum absolute atomic E-state index is 0.0521. The van der Waals surface area contributed by atoms with Crippen LogP contribution in [-0.2, 0) is 17.9 Å². The van der Waals surface area contributed by atoms with Crippen molar-refractivity contribution >= 4 is 33.1 Å². The van der Waals surface area contributed by atoms with Crippen LogP contribution < -0.4 is 10.9 Å². The van der Waals surface area contributed by atoms with E-state index in [9.17, 15) is 9.59 Å². The van der Waals surface area contributed by atoms with Gasteiger partial charge in [-0.05, 0) is 62.4 Å². The number of carbonyl (C=O) groups is 1. The largest absolute Gasteiger partial charge is 0.325 e. The number of benzene rings is 1. The molecule has 6 nitrogen and oxygen atoms in total. The van der Waals surface area contributed by atoms with Crippen molar-refractivity contribution in [3.8, 4) is 0 Å². The van der Waals surface area contributed by atoms with Gasteiger partial charge in [-0.15, -0.1) is 11.3 Å². The van der Waals surface area contributed by atoms with Crippen LogP contribution in [0.2, 0.25) is 0 Å². The molecule has 0 bridgehead atoms. The number of aromatic nitrogens is 2. The number of anilines is 1. The first-order valence-corrected chi connectivity index (χ1v) is 11.3. The number of nitrogens with zero attached hydrogens (tertiary/aromatic N) is 3. The lowest BCUT2D eigenvalue weighted by molar-refractivity contribution is -0.116. The molecule has 0 aliphatic carbocycles. The fraction of sp³-hybridized carbons (Fsp3) is 0.435. The molecule has 3 aromatic rings. The molecule has 30 heavy (non-hydrogen) atoms. The van der Waals surface area contributed by atoms with Crippen LogP contribution in [0.5, 0.6) is 0 Å². The molecule has 1 aliphatic rings. The van der Waals surface area contributed by atoms with Gasteiger partial charge in [-0.2, -0.15) is 0 Å². The van der Waals surface area contributed by atoms with E-state index < -0.39 is 0 Å². The van der Waals surface area contributed by atoms with Crippen LogP contribution in [0, 0.1) is 19.8 Å². The molecule has 1 aromatic carbocycles. The van der Waals surface area contributed by atoms with Gasteiger partial charge in [0.05, 0.1) is 11.7 Å². The first-order chi connectivity index (χ1) is 14.4. The quantitative estimate of drug-likeness (QED) is 0.674. The summed E-state index contributed by atoms with van der Waals surface area (Å²) < 4.78 is 1.38. The van der Waals surface area contributed by atoms with Crippen LogP contribution in [0.3, 0.4) is 0 Å². The van der Waals surface area contributed by atoms with Crippen LogP contribution in [0.15, 0.2) is 35.4 Å². The maximum absolute atomic E-state index is 12.8. The van der Waals surface area contributed by atoms with Crippen LogP contribution in [0.25, 0.3) is 10.2 Å². The molecule has 0 saturated carbocycles. The predicted octanol–water partition coefficient (Wildman–Crippen LogP) is 3.95. The molecule has 1 aliphatic heterocycles. The van der Waals surface area contributed by atoms with E-state index in [1.165, 1.54) is 40.6 Å². The van der Waals surface area contributed by atoms with Crippen molar-refractivity contribution in [2.24, 2.45) is 5.92 Å². The second-order valence-electron chi connectivity index (χ2n) is 8.37. The average molecular weight is 425 g/mol. The number of fused-ring (bicyclic) bond motifs is 1. The van der Waals surface area contributed by atoms with E-state index in [0.29, 0.717) is 5.39 Å². The number of hydrogen-bond donors (Lipinski definition) is 1. The van der Waals surface area contributed by atoms with Crippen molar-refractivity contribution in [1.82, 2.24) is 14.5 Å². The third-order valence-electron chi connectivity index (χ3n) is 5.85. The standard InChI is InChI=1S/C23H28N4O2S/c1-15-5-4-10-26(11-15)12-18-6-8-19(9-7-18)25-20(28)13-27-14-24-22-21(23(27)29)16(2)17(3)30-22/h6-9,14-15H,4-5,10-13H2,1-3H3,(H,25,28). The summed E-state index contributed by atoms with van der Waals surface area (Å²) in [6.07, 6.45) is 4.04. The van der Waals surface area contributed by atoms with E-state index >= 15 is 0 Å². The summed E-state index contributed by atoms with van der Waals surface area (Å²) in [5.74, 6) is 0.525. The minimum Gasteiger partial charge on any atom is -0.325 e. The zero-order chi connectivity index (χ0) is 21.3. The number of piperidine rings is 1. The topological polar surface area (TPSA) is 67.2 Å². The molecule has 0 spiro atoms. The Morgan fingerprint density at radius 3 is 2.77 bits per heavy atom. The number of nitrogens with one attached hydrogen (secondary N) is 1. The van der Waals surface area contributed by atoms with Crippen LogP contribution >= 0.6 is 11.3 Å². The van der Waals surface area contributed by atoms with E-state index in [4.69, 9.17) is 0 Å². The lowest BCUT2D eigenvalue weighted by Gasteiger charge is -2.30. The molecule has 0 radical (unpaired) electrons. The maximum Gasteiger partial charge on any atom is 0.262 e. The van der Waals surface area contributed by atoms with Gasteiger partial charge in [-0.25, -0.2) is 4.98 Å². The zero-order valence-corrected chi connectivity index (χ0v) is 18.6. The summed E-state index contributed by atoms with van der Waals surface area (Å²) in [5, 5.41) is 3.50.